The van der Waals surface area contributed by atoms with Crippen molar-refractivity contribution in [3.8, 4) is 0 Å². The van der Waals surface area contributed by atoms with E-state index in [1.165, 1.54) is 27.7 Å². The third-order valence-corrected chi connectivity index (χ3v) is 5.54. The van der Waals surface area contributed by atoms with Gasteiger partial charge in [-0.05, 0) is 32.4 Å². The van der Waals surface area contributed by atoms with Crippen molar-refractivity contribution in [3.63, 3.8) is 0 Å². The average molecular weight is 323 g/mol. The van der Waals surface area contributed by atoms with Crippen molar-refractivity contribution >= 4 is 22.4 Å². The third-order valence-electron chi connectivity index (χ3n) is 5.54. The maximum Gasteiger partial charge on any atom is 0.230 e. The van der Waals surface area contributed by atoms with Crippen LogP contribution < -0.4 is 5.32 Å². The Labute approximate surface area is 143 Å². The van der Waals surface area contributed by atoms with Crippen LogP contribution in [0, 0.1) is 12.8 Å². The van der Waals surface area contributed by atoms with Crippen LogP contribution in [0.5, 0.6) is 0 Å². The molecule has 1 amide bonds. The number of aryl methyl sites for hydroxylation is 1. The van der Waals surface area contributed by atoms with Gasteiger partial charge in [-0.15, -0.1) is 0 Å². The molecule has 2 atom stereocenters. The zero-order chi connectivity index (χ0) is 16.8. The fraction of sp³-hybridized carbons (Fsp3) is 0.450. The molecule has 126 valence electrons. The Morgan fingerprint density at radius 2 is 2.12 bits per heavy atom. The zero-order valence-corrected chi connectivity index (χ0v) is 14.7. The summed E-state index contributed by atoms with van der Waals surface area (Å²) < 4.78 is 2.41. The molecule has 1 N–H and O–H groups in total. The molecule has 24 heavy (non-hydrogen) atoms. The molecule has 2 aliphatic rings. The van der Waals surface area contributed by atoms with Gasteiger partial charge in [0.25, 0.3) is 0 Å². The topological polar surface area (TPSA) is 37.3 Å². The van der Waals surface area contributed by atoms with Crippen molar-refractivity contribution in [3.05, 3.63) is 41.6 Å². The summed E-state index contributed by atoms with van der Waals surface area (Å²) in [6.07, 6.45) is 2.22. The number of benzene rings is 1. The van der Waals surface area contributed by atoms with Crippen LogP contribution in [0.4, 0.5) is 0 Å². The lowest BCUT2D eigenvalue weighted by atomic mass is 9.86. The van der Waals surface area contributed by atoms with Crippen molar-refractivity contribution in [2.75, 3.05) is 19.6 Å². The van der Waals surface area contributed by atoms with E-state index in [0.717, 1.165) is 26.2 Å². The Bertz CT molecular complexity index is 829. The number of nitrogens with one attached hydrogen (secondary N) is 1. The van der Waals surface area contributed by atoms with Gasteiger partial charge in [0.2, 0.25) is 5.91 Å². The molecule has 0 saturated heterocycles. The van der Waals surface area contributed by atoms with Crippen molar-refractivity contribution in [2.45, 2.75) is 33.4 Å². The molecular formula is C20H25N3O. The molecule has 4 rings (SSSR count). The van der Waals surface area contributed by atoms with E-state index in [-0.39, 0.29) is 11.8 Å². The molecule has 0 aliphatic carbocycles. The van der Waals surface area contributed by atoms with Crippen LogP contribution in [-0.4, -0.2) is 41.1 Å². The Balaban J connectivity index is 1.79. The predicted molar refractivity (Wildman–Crippen MR) is 97.9 cm³/mol. The minimum Gasteiger partial charge on any atom is -0.343 e. The number of amides is 1. The van der Waals surface area contributed by atoms with E-state index in [1.807, 2.05) is 18.7 Å². The lowest BCUT2D eigenvalue weighted by molar-refractivity contribution is -0.133. The quantitative estimate of drug-likeness (QED) is 0.943. The van der Waals surface area contributed by atoms with Crippen LogP contribution in [0.2, 0.25) is 0 Å². The molecule has 0 bridgehead atoms. The summed E-state index contributed by atoms with van der Waals surface area (Å²) in [5.41, 5.74) is 5.19. The Morgan fingerprint density at radius 1 is 1.33 bits per heavy atom. The third kappa shape index (κ3) is 2.20. The first-order valence-electron chi connectivity index (χ1n) is 8.97. The summed E-state index contributed by atoms with van der Waals surface area (Å²) in [5.74, 6) is 0.178. The van der Waals surface area contributed by atoms with E-state index in [0.29, 0.717) is 6.04 Å². The second-order valence-electron chi connectivity index (χ2n) is 6.84. The normalized spacial score (nSPS) is 22.2. The van der Waals surface area contributed by atoms with E-state index in [2.05, 4.69) is 47.1 Å². The number of carbonyl (C=O) groups excluding carboxylic acids is 1. The first-order valence-corrected chi connectivity index (χ1v) is 8.97. The minimum absolute atomic E-state index is 0.0611. The standard InChI is InChI=1S/C20H25N3O/c1-4-22(5-2)20(24)15-10-17-16-8-6-7-14-9-13(3)23(19(14)16)12-18(17)21-11-15/h6-10,15,18,21H,4-5,11-12H2,1-3H3/t15-,18?/m1/s1. The second kappa shape index (κ2) is 5.78. The Hall–Kier alpha value is -2.07. The second-order valence-corrected chi connectivity index (χ2v) is 6.84. The van der Waals surface area contributed by atoms with Gasteiger partial charge >= 0.3 is 0 Å². The van der Waals surface area contributed by atoms with Gasteiger partial charge < -0.3 is 14.8 Å². The van der Waals surface area contributed by atoms with Gasteiger partial charge in [0.05, 0.1) is 17.5 Å². The van der Waals surface area contributed by atoms with E-state index < -0.39 is 0 Å². The van der Waals surface area contributed by atoms with Crippen molar-refractivity contribution in [1.82, 2.24) is 14.8 Å². The van der Waals surface area contributed by atoms with E-state index in [1.54, 1.807) is 0 Å². The molecule has 1 aromatic carbocycles. The number of para-hydroxylation sites is 1. The molecule has 1 aromatic heterocycles. The number of rotatable bonds is 3. The molecule has 0 saturated carbocycles. The molecule has 1 unspecified atom stereocenters. The zero-order valence-electron chi connectivity index (χ0n) is 14.7. The molecule has 4 nitrogen and oxygen atoms in total. The van der Waals surface area contributed by atoms with Crippen LogP contribution in [0.15, 0.2) is 30.3 Å². The first-order chi connectivity index (χ1) is 11.6. The predicted octanol–water partition coefficient (Wildman–Crippen LogP) is 2.80. The number of hydrogen-bond donors (Lipinski definition) is 1. The highest BCUT2D eigenvalue weighted by Gasteiger charge is 2.33. The molecule has 4 heteroatoms. The SMILES string of the molecule is CCN(CC)C(=O)[C@@H]1C=C2c3cccc4cc(C)n(c34)CC2NC1. The van der Waals surface area contributed by atoms with Crippen molar-refractivity contribution < 1.29 is 4.79 Å². The van der Waals surface area contributed by atoms with Crippen LogP contribution in [-0.2, 0) is 11.3 Å². The van der Waals surface area contributed by atoms with Gasteiger partial charge in [-0.3, -0.25) is 4.79 Å². The highest BCUT2D eigenvalue weighted by molar-refractivity contribution is 5.96. The molecule has 2 aliphatic heterocycles. The smallest absolute Gasteiger partial charge is 0.230 e. The van der Waals surface area contributed by atoms with Crippen LogP contribution >= 0.6 is 0 Å². The molecule has 3 heterocycles. The lowest BCUT2D eigenvalue weighted by Gasteiger charge is -2.36. The number of nitrogens with zero attached hydrogens (tertiary/aromatic N) is 2. The fourth-order valence-corrected chi connectivity index (χ4v) is 4.25. The van der Waals surface area contributed by atoms with Gasteiger partial charge in [-0.25, -0.2) is 0 Å². The van der Waals surface area contributed by atoms with Crippen molar-refractivity contribution in [2.24, 2.45) is 5.92 Å². The van der Waals surface area contributed by atoms with Gasteiger partial charge in [-0.2, -0.15) is 0 Å². The van der Waals surface area contributed by atoms with Crippen LogP contribution in [0.1, 0.15) is 25.1 Å². The monoisotopic (exact) mass is 323 g/mol. The summed E-state index contributed by atoms with van der Waals surface area (Å²) in [4.78, 5) is 14.7. The highest BCUT2D eigenvalue weighted by Crippen LogP contribution is 2.37. The molecule has 2 aromatic rings. The maximum absolute atomic E-state index is 12.8. The molecule has 0 fully saturated rings. The van der Waals surface area contributed by atoms with Gasteiger partial charge in [0.1, 0.15) is 0 Å². The van der Waals surface area contributed by atoms with Crippen LogP contribution in [0.3, 0.4) is 0 Å². The summed E-state index contributed by atoms with van der Waals surface area (Å²) in [7, 11) is 0. The maximum atomic E-state index is 12.8. The van der Waals surface area contributed by atoms with E-state index in [9.17, 15) is 4.79 Å². The Kier molecular flexibility index (Phi) is 3.72. The summed E-state index contributed by atoms with van der Waals surface area (Å²) in [5, 5.41) is 4.91. The van der Waals surface area contributed by atoms with Gasteiger partial charge in [0.15, 0.2) is 0 Å². The van der Waals surface area contributed by atoms with E-state index >= 15 is 0 Å². The highest BCUT2D eigenvalue weighted by atomic mass is 16.2. The minimum atomic E-state index is -0.0611. The molecule has 0 radical (unpaired) electrons. The Morgan fingerprint density at radius 3 is 2.88 bits per heavy atom. The summed E-state index contributed by atoms with van der Waals surface area (Å²) >= 11 is 0. The molecule has 0 spiro atoms. The number of aromatic nitrogens is 1. The molecular weight excluding hydrogens is 298 g/mol. The largest absolute Gasteiger partial charge is 0.343 e. The lowest BCUT2D eigenvalue weighted by Crippen LogP contribution is -2.47. The van der Waals surface area contributed by atoms with E-state index in [4.69, 9.17) is 0 Å². The fourth-order valence-electron chi connectivity index (χ4n) is 4.25. The van der Waals surface area contributed by atoms with Crippen molar-refractivity contribution in [1.29, 1.82) is 0 Å². The number of carbonyl (C=O) groups is 1. The van der Waals surface area contributed by atoms with Gasteiger partial charge in [-0.1, -0.05) is 24.3 Å². The number of hydrogen-bond acceptors (Lipinski definition) is 2. The van der Waals surface area contributed by atoms with Gasteiger partial charge in [0, 0.05) is 42.8 Å². The number of fused-ring (bicyclic) bond motifs is 2. The summed E-state index contributed by atoms with van der Waals surface area (Å²) in [6.45, 7) is 9.49. The van der Waals surface area contributed by atoms with Crippen LogP contribution in [0.25, 0.3) is 16.5 Å². The average Bonchev–Trinajstić information content (AvgIpc) is 2.93. The first kappa shape index (κ1) is 15.5. The summed E-state index contributed by atoms with van der Waals surface area (Å²) in [6, 6.07) is 9.06.